The second-order valence-electron chi connectivity index (χ2n) is 13.3. The summed E-state index contributed by atoms with van der Waals surface area (Å²) < 4.78 is 120. The second-order valence-corrected chi connectivity index (χ2v) is 15.3. The Bertz CT molecular complexity index is 1730. The number of hydrogen-bond acceptors (Lipinski definition) is 6. The van der Waals surface area contributed by atoms with Gasteiger partial charge in [0.2, 0.25) is 0 Å². The van der Waals surface area contributed by atoms with Gasteiger partial charge in [-0.2, -0.15) is 26.3 Å². The highest BCUT2D eigenvalue weighted by Gasteiger charge is 2.80. The third kappa shape index (κ3) is 6.51. The molecule has 0 aliphatic heterocycles. The number of rotatable bonds is 10. The lowest BCUT2D eigenvalue weighted by Crippen LogP contribution is -2.48. The van der Waals surface area contributed by atoms with E-state index in [1.54, 1.807) is 48.5 Å². The van der Waals surface area contributed by atoms with E-state index in [1.165, 1.54) is 26.4 Å². The second kappa shape index (κ2) is 14.1. The molecule has 2 heterocycles. The summed E-state index contributed by atoms with van der Waals surface area (Å²) in [4.78, 5) is 0.810. The van der Waals surface area contributed by atoms with Crippen molar-refractivity contribution in [2.24, 2.45) is 0 Å². The number of allylic oxidation sites excluding steroid dienone is 2. The van der Waals surface area contributed by atoms with Crippen molar-refractivity contribution in [1.82, 2.24) is 0 Å². The molecular weight excluding hydrogens is 711 g/mol. The number of methoxy groups -OCH3 is 2. The predicted molar refractivity (Wildman–Crippen MR) is 189 cm³/mol. The molecule has 12 heteroatoms. The lowest BCUT2D eigenvalue weighted by Gasteiger charge is -2.26. The molecule has 7 rings (SSSR count). The monoisotopic (exact) mass is 748 g/mol. The molecule has 3 aliphatic carbocycles. The minimum absolute atomic E-state index is 0.0891. The maximum atomic E-state index is 16.4. The molecule has 4 nitrogen and oxygen atoms in total. The Balaban J connectivity index is 1.45. The van der Waals surface area contributed by atoms with Gasteiger partial charge >= 0.3 is 17.8 Å². The fourth-order valence-corrected chi connectivity index (χ4v) is 9.34. The van der Waals surface area contributed by atoms with Gasteiger partial charge in [0.25, 0.3) is 0 Å². The molecule has 2 fully saturated rings. The molecule has 0 amide bonds. The number of hydrogen-bond donors (Lipinski definition) is 0. The first-order valence-electron chi connectivity index (χ1n) is 17.2. The SMILES string of the molecule is COc1ccc(-c2cc(C3=C(c4cc(-c5ccc(OC)cc5)sc4OC4CCCCC4)C(F)(F)C(F)(F)C3(F)F)c(OC3CCCCC3)s2)cc1. The van der Waals surface area contributed by atoms with Crippen LogP contribution in [-0.2, 0) is 0 Å². The number of halogens is 6. The van der Waals surface area contributed by atoms with Crippen LogP contribution in [0, 0.1) is 0 Å². The summed E-state index contributed by atoms with van der Waals surface area (Å²) in [5, 5.41) is -0.178. The Labute approximate surface area is 301 Å². The smallest absolute Gasteiger partial charge is 0.380 e. The Morgan fingerprint density at radius 2 is 0.882 bits per heavy atom. The zero-order valence-electron chi connectivity index (χ0n) is 28.2. The summed E-state index contributed by atoms with van der Waals surface area (Å²) in [6.45, 7) is 0. The fourth-order valence-electron chi connectivity index (χ4n) is 7.17. The van der Waals surface area contributed by atoms with Crippen molar-refractivity contribution in [1.29, 1.82) is 0 Å². The maximum absolute atomic E-state index is 16.4. The molecular formula is C39H38F6O4S2. The molecule has 272 valence electrons. The molecule has 51 heavy (non-hydrogen) atoms. The van der Waals surface area contributed by atoms with E-state index in [-0.39, 0.29) is 22.3 Å². The summed E-state index contributed by atoms with van der Waals surface area (Å²) in [6.07, 6.45) is 7.18. The number of thiophene rings is 2. The predicted octanol–water partition coefficient (Wildman–Crippen LogP) is 12.4. The van der Waals surface area contributed by atoms with E-state index in [4.69, 9.17) is 18.9 Å². The Morgan fingerprint density at radius 1 is 0.529 bits per heavy atom. The molecule has 2 aromatic carbocycles. The average molecular weight is 749 g/mol. The van der Waals surface area contributed by atoms with Crippen LogP contribution in [0.2, 0.25) is 0 Å². The third-order valence-electron chi connectivity index (χ3n) is 10.0. The maximum Gasteiger partial charge on any atom is 0.380 e. The van der Waals surface area contributed by atoms with Gasteiger partial charge in [-0.25, -0.2) is 0 Å². The van der Waals surface area contributed by atoms with Gasteiger partial charge < -0.3 is 18.9 Å². The van der Waals surface area contributed by atoms with Gasteiger partial charge in [0.15, 0.2) is 10.1 Å². The van der Waals surface area contributed by atoms with E-state index in [1.807, 2.05) is 0 Å². The minimum atomic E-state index is -5.74. The van der Waals surface area contributed by atoms with Crippen molar-refractivity contribution in [3.63, 3.8) is 0 Å². The molecule has 0 spiro atoms. The Kier molecular flexibility index (Phi) is 9.86. The van der Waals surface area contributed by atoms with E-state index in [0.29, 0.717) is 58.1 Å². The van der Waals surface area contributed by atoms with Gasteiger partial charge in [-0.15, -0.1) is 0 Å². The molecule has 3 aliphatic rings. The molecule has 0 bridgehead atoms. The summed E-state index contributed by atoms with van der Waals surface area (Å²) >= 11 is 1.96. The minimum Gasteiger partial charge on any atom is -0.497 e. The van der Waals surface area contributed by atoms with Gasteiger partial charge in [-0.1, -0.05) is 35.5 Å². The van der Waals surface area contributed by atoms with Gasteiger partial charge in [0.05, 0.1) is 26.4 Å². The number of alkyl halides is 6. The molecule has 0 atom stereocenters. The van der Waals surface area contributed by atoms with Crippen molar-refractivity contribution >= 4 is 33.8 Å². The van der Waals surface area contributed by atoms with Crippen molar-refractivity contribution in [3.8, 4) is 42.5 Å². The van der Waals surface area contributed by atoms with E-state index in [0.717, 1.165) is 61.2 Å². The molecule has 0 N–H and O–H groups in total. The van der Waals surface area contributed by atoms with E-state index in [9.17, 15) is 0 Å². The summed E-state index contributed by atoms with van der Waals surface area (Å²) in [5.74, 6) is -15.1. The topological polar surface area (TPSA) is 36.9 Å². The van der Waals surface area contributed by atoms with Crippen LogP contribution in [0.1, 0.15) is 75.3 Å². The van der Waals surface area contributed by atoms with Crippen molar-refractivity contribution < 1.29 is 45.3 Å². The first kappa shape index (κ1) is 35.7. The van der Waals surface area contributed by atoms with Crippen LogP contribution in [0.15, 0.2) is 60.7 Å². The first-order valence-corrected chi connectivity index (χ1v) is 18.9. The van der Waals surface area contributed by atoms with Crippen LogP contribution >= 0.6 is 22.7 Å². The Morgan fingerprint density at radius 3 is 1.22 bits per heavy atom. The zero-order chi connectivity index (χ0) is 36.0. The lowest BCUT2D eigenvalue weighted by molar-refractivity contribution is -0.254. The van der Waals surface area contributed by atoms with Gasteiger partial charge in [0, 0.05) is 32.0 Å². The number of benzene rings is 2. The van der Waals surface area contributed by atoms with E-state index >= 15 is 26.3 Å². The summed E-state index contributed by atoms with van der Waals surface area (Å²) in [6, 6.07) is 16.0. The van der Waals surface area contributed by atoms with Crippen molar-refractivity contribution in [2.45, 2.75) is 94.2 Å². The zero-order valence-corrected chi connectivity index (χ0v) is 29.8. The standard InChI is InChI=1S/C39H38F6O4S2/c1-46-25-17-13-23(14-18-25)31-21-29(35(50-31)48-27-9-5-3-6-10-27)33-34(38(42,43)39(44,45)37(33,40)41)30-22-32(24-15-19-26(47-2)20-16-24)51-36(30)49-28-11-7-4-8-12-28/h13-22,27-28H,3-12H2,1-2H3. The first-order chi connectivity index (χ1) is 24.4. The van der Waals surface area contributed by atoms with E-state index < -0.39 is 40.0 Å². The van der Waals surface area contributed by atoms with Crippen LogP contribution in [0.5, 0.6) is 21.6 Å². The quantitative estimate of drug-likeness (QED) is 0.151. The molecule has 2 saturated carbocycles. The lowest BCUT2D eigenvalue weighted by atomic mass is 9.95. The van der Waals surface area contributed by atoms with Crippen LogP contribution in [-0.4, -0.2) is 44.2 Å². The van der Waals surface area contributed by atoms with Crippen LogP contribution in [0.4, 0.5) is 26.3 Å². The van der Waals surface area contributed by atoms with Crippen LogP contribution < -0.4 is 18.9 Å². The number of ether oxygens (including phenoxy) is 4. The van der Waals surface area contributed by atoms with Crippen molar-refractivity contribution in [3.05, 3.63) is 71.8 Å². The highest BCUT2D eigenvalue weighted by Crippen LogP contribution is 2.67. The molecule has 4 aromatic rings. The van der Waals surface area contributed by atoms with Crippen LogP contribution in [0.25, 0.3) is 32.0 Å². The van der Waals surface area contributed by atoms with Gasteiger partial charge in [-0.3, -0.25) is 0 Å². The van der Waals surface area contributed by atoms with Crippen molar-refractivity contribution in [2.75, 3.05) is 14.2 Å². The molecule has 0 saturated heterocycles. The summed E-state index contributed by atoms with van der Waals surface area (Å²) in [5.41, 5.74) is -2.66. The normalized spacial score (nSPS) is 20.4. The van der Waals surface area contributed by atoms with Gasteiger partial charge in [0.1, 0.15) is 11.5 Å². The average Bonchev–Trinajstić information content (AvgIpc) is 3.77. The molecule has 2 aromatic heterocycles. The summed E-state index contributed by atoms with van der Waals surface area (Å²) in [7, 11) is 3.00. The van der Waals surface area contributed by atoms with Gasteiger partial charge in [-0.05, 0) is 123 Å². The molecule has 0 radical (unpaired) electrons. The third-order valence-corrected chi connectivity index (χ3v) is 12.2. The highest BCUT2D eigenvalue weighted by molar-refractivity contribution is 7.18. The van der Waals surface area contributed by atoms with Crippen LogP contribution in [0.3, 0.4) is 0 Å². The largest absolute Gasteiger partial charge is 0.497 e. The Hall–Kier alpha value is -3.64. The van der Waals surface area contributed by atoms with E-state index in [2.05, 4.69) is 0 Å². The fraction of sp³-hybridized carbons (Fsp3) is 0.436. The molecule has 0 unspecified atom stereocenters. The highest BCUT2D eigenvalue weighted by atomic mass is 32.1.